The quantitative estimate of drug-likeness (QED) is 0.185. The molecule has 2 heterocycles. The number of rotatable bonds is 7. The number of Topliss-reactive ketones (excluding diaryl/α,β-unsaturated/α-hetero) is 1. The van der Waals surface area contributed by atoms with E-state index in [1.807, 2.05) is 66.2 Å². The lowest BCUT2D eigenvalue weighted by Gasteiger charge is -2.01. The number of thiophene rings is 1. The fourth-order valence-electron chi connectivity index (χ4n) is 2.91. The van der Waals surface area contributed by atoms with Crippen molar-refractivity contribution in [3.8, 4) is 16.9 Å². The Morgan fingerprint density at radius 3 is 2.52 bits per heavy atom. The van der Waals surface area contributed by atoms with Gasteiger partial charge in [0.15, 0.2) is 6.61 Å². The molecule has 0 N–H and O–H groups in total. The van der Waals surface area contributed by atoms with Crippen LogP contribution in [-0.4, -0.2) is 28.1 Å². The van der Waals surface area contributed by atoms with E-state index in [0.29, 0.717) is 4.88 Å². The number of ketones is 1. The molecule has 0 radical (unpaired) electrons. The van der Waals surface area contributed by atoms with Gasteiger partial charge in [-0.15, -0.1) is 11.3 Å². The molecule has 0 bridgehead atoms. The Hall–Kier alpha value is -3.29. The molecule has 0 spiro atoms. The second kappa shape index (κ2) is 9.68. The van der Waals surface area contributed by atoms with E-state index in [1.165, 1.54) is 17.4 Å². The Bertz CT molecular complexity index is 1210. The zero-order valence-corrected chi connectivity index (χ0v) is 18.7. The smallest absolute Gasteiger partial charge is 0.331 e. The van der Waals surface area contributed by atoms with Gasteiger partial charge in [0.2, 0.25) is 5.78 Å². The summed E-state index contributed by atoms with van der Waals surface area (Å²) < 4.78 is 7.83. The van der Waals surface area contributed by atoms with Gasteiger partial charge in [-0.1, -0.05) is 52.3 Å². The van der Waals surface area contributed by atoms with Crippen LogP contribution in [0.4, 0.5) is 0 Å². The first-order valence-corrected chi connectivity index (χ1v) is 11.1. The van der Waals surface area contributed by atoms with Crippen molar-refractivity contribution in [1.29, 1.82) is 0 Å². The SMILES string of the molecule is O=C(/C=C/c1cn(-c2ccccc2)nc1-c1ccc(Br)cc1)OCC(=O)c1cccs1. The lowest BCUT2D eigenvalue weighted by molar-refractivity contribution is -0.136. The maximum atomic E-state index is 12.2. The summed E-state index contributed by atoms with van der Waals surface area (Å²) in [5, 5.41) is 6.52. The van der Waals surface area contributed by atoms with Gasteiger partial charge in [-0.2, -0.15) is 5.10 Å². The Balaban J connectivity index is 1.55. The monoisotopic (exact) mass is 492 g/mol. The summed E-state index contributed by atoms with van der Waals surface area (Å²) in [5.74, 6) is -0.802. The van der Waals surface area contributed by atoms with E-state index in [9.17, 15) is 9.59 Å². The molecule has 0 saturated heterocycles. The third-order valence-electron chi connectivity index (χ3n) is 4.42. The molecule has 0 unspecified atom stereocenters. The van der Waals surface area contributed by atoms with Crippen molar-refractivity contribution in [3.63, 3.8) is 0 Å². The molecule has 0 saturated carbocycles. The number of hydrogen-bond donors (Lipinski definition) is 0. The van der Waals surface area contributed by atoms with Gasteiger partial charge in [0.05, 0.1) is 16.3 Å². The van der Waals surface area contributed by atoms with Crippen LogP contribution in [-0.2, 0) is 9.53 Å². The Labute approximate surface area is 191 Å². The van der Waals surface area contributed by atoms with Crippen LogP contribution in [0.5, 0.6) is 0 Å². The first kappa shape index (κ1) is 21.0. The molecular weight excluding hydrogens is 476 g/mol. The molecule has 154 valence electrons. The topological polar surface area (TPSA) is 61.2 Å². The van der Waals surface area contributed by atoms with Gasteiger partial charge in [0, 0.05) is 27.9 Å². The lowest BCUT2D eigenvalue weighted by Crippen LogP contribution is -2.11. The van der Waals surface area contributed by atoms with Crippen molar-refractivity contribution in [2.75, 3.05) is 6.61 Å². The molecule has 0 aliphatic carbocycles. The van der Waals surface area contributed by atoms with Gasteiger partial charge in [-0.05, 0) is 41.8 Å². The molecule has 2 aromatic carbocycles. The van der Waals surface area contributed by atoms with Crippen molar-refractivity contribution in [1.82, 2.24) is 9.78 Å². The fourth-order valence-corrected chi connectivity index (χ4v) is 3.82. The van der Waals surface area contributed by atoms with E-state index in [4.69, 9.17) is 9.84 Å². The van der Waals surface area contributed by atoms with Crippen LogP contribution in [0.3, 0.4) is 0 Å². The largest absolute Gasteiger partial charge is 0.454 e. The number of benzene rings is 2. The van der Waals surface area contributed by atoms with Crippen molar-refractivity contribution >= 4 is 45.1 Å². The zero-order valence-electron chi connectivity index (χ0n) is 16.3. The summed E-state index contributed by atoms with van der Waals surface area (Å²) in [6, 6.07) is 21.0. The van der Waals surface area contributed by atoms with E-state index in [1.54, 1.807) is 22.9 Å². The van der Waals surface area contributed by atoms with Gasteiger partial charge >= 0.3 is 5.97 Å². The van der Waals surface area contributed by atoms with Gasteiger partial charge < -0.3 is 4.74 Å². The van der Waals surface area contributed by atoms with E-state index < -0.39 is 5.97 Å². The number of carbonyl (C=O) groups excluding carboxylic acids is 2. The molecule has 0 aliphatic heterocycles. The van der Waals surface area contributed by atoms with Crippen LogP contribution in [0.1, 0.15) is 15.2 Å². The van der Waals surface area contributed by atoms with E-state index >= 15 is 0 Å². The summed E-state index contributed by atoms with van der Waals surface area (Å²) >= 11 is 4.76. The number of carbonyl (C=O) groups is 2. The Morgan fingerprint density at radius 2 is 1.81 bits per heavy atom. The highest BCUT2D eigenvalue weighted by Crippen LogP contribution is 2.26. The molecule has 0 aliphatic rings. The van der Waals surface area contributed by atoms with Gasteiger partial charge in [-0.3, -0.25) is 4.79 Å². The van der Waals surface area contributed by atoms with Crippen molar-refractivity contribution in [3.05, 3.63) is 99.3 Å². The number of para-hydroxylation sites is 1. The molecule has 4 rings (SSSR count). The summed E-state index contributed by atoms with van der Waals surface area (Å²) in [4.78, 5) is 24.7. The second-order valence-electron chi connectivity index (χ2n) is 6.56. The maximum Gasteiger partial charge on any atom is 0.331 e. The van der Waals surface area contributed by atoms with Crippen molar-refractivity contribution in [2.45, 2.75) is 0 Å². The number of nitrogens with zero attached hydrogens (tertiary/aromatic N) is 2. The molecule has 0 atom stereocenters. The molecular formula is C24H17BrN2O3S. The Kier molecular flexibility index (Phi) is 6.54. The summed E-state index contributed by atoms with van der Waals surface area (Å²) in [5.41, 5.74) is 3.31. The Morgan fingerprint density at radius 1 is 1.03 bits per heavy atom. The van der Waals surface area contributed by atoms with Crippen LogP contribution in [0, 0.1) is 0 Å². The predicted molar refractivity (Wildman–Crippen MR) is 125 cm³/mol. The zero-order chi connectivity index (χ0) is 21.6. The minimum Gasteiger partial charge on any atom is -0.454 e. The highest BCUT2D eigenvalue weighted by molar-refractivity contribution is 9.10. The van der Waals surface area contributed by atoms with Crippen LogP contribution in [0.25, 0.3) is 23.0 Å². The summed E-state index contributed by atoms with van der Waals surface area (Å²) in [6.07, 6.45) is 4.82. The van der Waals surface area contributed by atoms with E-state index in [0.717, 1.165) is 27.0 Å². The van der Waals surface area contributed by atoms with Crippen LogP contribution in [0.15, 0.2) is 88.9 Å². The molecule has 0 fully saturated rings. The molecule has 2 aromatic heterocycles. The predicted octanol–water partition coefficient (Wildman–Crippen LogP) is 5.80. The van der Waals surface area contributed by atoms with Gasteiger partial charge in [-0.25, -0.2) is 9.48 Å². The first-order valence-electron chi connectivity index (χ1n) is 9.43. The highest BCUT2D eigenvalue weighted by atomic mass is 79.9. The molecule has 7 heteroatoms. The van der Waals surface area contributed by atoms with Crippen LogP contribution < -0.4 is 0 Å². The number of aromatic nitrogens is 2. The average molecular weight is 493 g/mol. The number of esters is 1. The minimum atomic E-state index is -0.584. The van der Waals surface area contributed by atoms with Gasteiger partial charge in [0.1, 0.15) is 0 Å². The molecule has 4 aromatic rings. The second-order valence-corrected chi connectivity index (χ2v) is 8.42. The maximum absolute atomic E-state index is 12.2. The summed E-state index contributed by atoms with van der Waals surface area (Å²) in [6.45, 7) is -0.285. The number of ether oxygens (including phenoxy) is 1. The standard InChI is InChI=1S/C24H17BrN2O3S/c25-19-11-8-17(9-12-19)24-18(15-27(26-24)20-5-2-1-3-6-20)10-13-23(29)30-16-21(28)22-7-4-14-31-22/h1-15H,16H2/b13-10+. The third kappa shape index (κ3) is 5.25. The molecule has 31 heavy (non-hydrogen) atoms. The minimum absolute atomic E-state index is 0.218. The van der Waals surface area contributed by atoms with E-state index in [2.05, 4.69) is 15.9 Å². The van der Waals surface area contributed by atoms with Crippen molar-refractivity contribution in [2.24, 2.45) is 0 Å². The highest BCUT2D eigenvalue weighted by Gasteiger charge is 2.12. The number of hydrogen-bond acceptors (Lipinski definition) is 5. The first-order chi connectivity index (χ1) is 15.1. The average Bonchev–Trinajstić information content (AvgIpc) is 3.48. The van der Waals surface area contributed by atoms with Gasteiger partial charge in [0.25, 0.3) is 0 Å². The summed E-state index contributed by atoms with van der Waals surface area (Å²) in [7, 11) is 0. The fraction of sp³-hybridized carbons (Fsp3) is 0.0417. The molecule has 0 amide bonds. The molecule has 5 nitrogen and oxygen atoms in total. The van der Waals surface area contributed by atoms with Crippen LogP contribution >= 0.6 is 27.3 Å². The number of halogens is 1. The normalized spacial score (nSPS) is 11.0. The third-order valence-corrected chi connectivity index (χ3v) is 5.86. The lowest BCUT2D eigenvalue weighted by atomic mass is 10.1. The van der Waals surface area contributed by atoms with Crippen molar-refractivity contribution < 1.29 is 14.3 Å². The van der Waals surface area contributed by atoms with Crippen LogP contribution in [0.2, 0.25) is 0 Å². The van der Waals surface area contributed by atoms with E-state index in [-0.39, 0.29) is 12.4 Å².